The predicted octanol–water partition coefficient (Wildman–Crippen LogP) is 2.60. The molecule has 3 atom stereocenters. The third-order valence-electron chi connectivity index (χ3n) is 5.50. The molecule has 0 aromatic heterocycles. The van der Waals surface area contributed by atoms with E-state index in [1.54, 1.807) is 11.1 Å². The molecule has 3 aliphatic rings. The van der Waals surface area contributed by atoms with Crippen LogP contribution in [0, 0.1) is 11.8 Å². The van der Waals surface area contributed by atoms with Crippen LogP contribution in [0.25, 0.3) is 0 Å². The fourth-order valence-electron chi connectivity index (χ4n) is 4.15. The standard InChI is InChI=1S/C17H24N2/c1-12-17-9-18-8-15(17)11-19(12)10-14-4-2-3-5-16(14)13-6-7-13/h2-5,12-13,15,17-18H,6-11H2,1H3. The number of nitrogens with zero attached hydrogens (tertiary/aromatic N) is 1. The average Bonchev–Trinajstić information content (AvgIpc) is 3.10. The summed E-state index contributed by atoms with van der Waals surface area (Å²) < 4.78 is 0. The molecule has 2 nitrogen and oxygen atoms in total. The van der Waals surface area contributed by atoms with E-state index in [0.29, 0.717) is 0 Å². The van der Waals surface area contributed by atoms with Crippen molar-refractivity contribution >= 4 is 0 Å². The molecule has 0 spiro atoms. The molecule has 0 radical (unpaired) electrons. The minimum Gasteiger partial charge on any atom is -0.316 e. The van der Waals surface area contributed by atoms with Crippen LogP contribution < -0.4 is 5.32 Å². The summed E-state index contributed by atoms with van der Waals surface area (Å²) in [5.74, 6) is 2.64. The average molecular weight is 256 g/mol. The van der Waals surface area contributed by atoms with Crippen molar-refractivity contribution in [3.05, 3.63) is 35.4 Å². The Morgan fingerprint density at radius 2 is 2.05 bits per heavy atom. The highest BCUT2D eigenvalue weighted by atomic mass is 15.2. The summed E-state index contributed by atoms with van der Waals surface area (Å²) in [6.07, 6.45) is 2.81. The van der Waals surface area contributed by atoms with Crippen molar-refractivity contribution in [3.63, 3.8) is 0 Å². The molecule has 102 valence electrons. The second-order valence-electron chi connectivity index (χ2n) is 6.73. The van der Waals surface area contributed by atoms with E-state index in [1.165, 1.54) is 39.0 Å². The van der Waals surface area contributed by atoms with Gasteiger partial charge in [-0.15, -0.1) is 0 Å². The van der Waals surface area contributed by atoms with Crippen molar-refractivity contribution in [3.8, 4) is 0 Å². The summed E-state index contributed by atoms with van der Waals surface area (Å²) >= 11 is 0. The van der Waals surface area contributed by atoms with Gasteiger partial charge in [-0.2, -0.15) is 0 Å². The van der Waals surface area contributed by atoms with E-state index >= 15 is 0 Å². The first-order valence-electron chi connectivity index (χ1n) is 7.85. The number of hydrogen-bond acceptors (Lipinski definition) is 2. The van der Waals surface area contributed by atoms with Gasteiger partial charge in [-0.1, -0.05) is 24.3 Å². The lowest BCUT2D eigenvalue weighted by atomic mass is 9.95. The van der Waals surface area contributed by atoms with Gasteiger partial charge in [-0.05, 0) is 61.7 Å². The van der Waals surface area contributed by atoms with Gasteiger partial charge < -0.3 is 5.32 Å². The first kappa shape index (κ1) is 11.9. The van der Waals surface area contributed by atoms with Crippen LogP contribution in [-0.4, -0.2) is 30.6 Å². The van der Waals surface area contributed by atoms with Crippen molar-refractivity contribution < 1.29 is 0 Å². The van der Waals surface area contributed by atoms with Crippen LogP contribution in [0.5, 0.6) is 0 Å². The largest absolute Gasteiger partial charge is 0.316 e. The molecule has 4 rings (SSSR count). The van der Waals surface area contributed by atoms with E-state index in [9.17, 15) is 0 Å². The molecule has 1 saturated carbocycles. The molecule has 1 aromatic rings. The Labute approximate surface area is 116 Å². The fourth-order valence-corrected chi connectivity index (χ4v) is 4.15. The van der Waals surface area contributed by atoms with Gasteiger partial charge >= 0.3 is 0 Å². The van der Waals surface area contributed by atoms with E-state index in [4.69, 9.17) is 0 Å². The highest BCUT2D eigenvalue weighted by molar-refractivity contribution is 5.33. The summed E-state index contributed by atoms with van der Waals surface area (Å²) in [5, 5.41) is 3.55. The van der Waals surface area contributed by atoms with E-state index in [0.717, 1.165) is 23.8 Å². The van der Waals surface area contributed by atoms with Crippen molar-refractivity contribution in [2.24, 2.45) is 11.8 Å². The summed E-state index contributed by atoms with van der Waals surface area (Å²) in [7, 11) is 0. The molecule has 2 heteroatoms. The van der Waals surface area contributed by atoms with Gasteiger partial charge in [-0.3, -0.25) is 4.90 Å². The third-order valence-corrected chi connectivity index (χ3v) is 5.50. The van der Waals surface area contributed by atoms with Crippen LogP contribution >= 0.6 is 0 Å². The first-order chi connectivity index (χ1) is 9.33. The van der Waals surface area contributed by atoms with E-state index in [1.807, 2.05) is 0 Å². The smallest absolute Gasteiger partial charge is 0.0239 e. The maximum Gasteiger partial charge on any atom is 0.0239 e. The Bertz CT molecular complexity index is 466. The molecule has 1 N–H and O–H groups in total. The molecule has 2 saturated heterocycles. The molecule has 19 heavy (non-hydrogen) atoms. The highest BCUT2D eigenvalue weighted by Gasteiger charge is 2.41. The summed E-state index contributed by atoms with van der Waals surface area (Å²) in [6, 6.07) is 9.88. The Balaban J connectivity index is 1.52. The Morgan fingerprint density at radius 3 is 2.84 bits per heavy atom. The number of fused-ring (bicyclic) bond motifs is 1. The van der Waals surface area contributed by atoms with E-state index in [-0.39, 0.29) is 0 Å². The Kier molecular flexibility index (Phi) is 2.89. The third kappa shape index (κ3) is 2.11. The van der Waals surface area contributed by atoms with Gasteiger partial charge in [-0.25, -0.2) is 0 Å². The van der Waals surface area contributed by atoms with Crippen LogP contribution in [-0.2, 0) is 6.54 Å². The lowest BCUT2D eigenvalue weighted by Gasteiger charge is -2.25. The molecule has 0 amide bonds. The van der Waals surface area contributed by atoms with Crippen LogP contribution in [0.4, 0.5) is 0 Å². The highest BCUT2D eigenvalue weighted by Crippen LogP contribution is 2.42. The summed E-state index contributed by atoms with van der Waals surface area (Å²) in [6.45, 7) is 7.35. The maximum absolute atomic E-state index is 3.55. The molecular formula is C17H24N2. The molecule has 2 aliphatic heterocycles. The van der Waals surface area contributed by atoms with Gasteiger partial charge in [0, 0.05) is 19.1 Å². The number of likely N-dealkylation sites (tertiary alicyclic amines) is 1. The number of benzene rings is 1. The van der Waals surface area contributed by atoms with Crippen molar-refractivity contribution in [1.29, 1.82) is 0 Å². The summed E-state index contributed by atoms with van der Waals surface area (Å²) in [5.41, 5.74) is 3.22. The lowest BCUT2D eigenvalue weighted by molar-refractivity contribution is 0.231. The van der Waals surface area contributed by atoms with Crippen LogP contribution in [0.2, 0.25) is 0 Å². The Morgan fingerprint density at radius 1 is 1.21 bits per heavy atom. The van der Waals surface area contributed by atoms with Gasteiger partial charge in [0.2, 0.25) is 0 Å². The maximum atomic E-state index is 3.55. The molecule has 1 aliphatic carbocycles. The van der Waals surface area contributed by atoms with E-state index in [2.05, 4.69) is 41.4 Å². The zero-order valence-electron chi connectivity index (χ0n) is 11.8. The number of nitrogens with one attached hydrogen (secondary N) is 1. The molecule has 0 bridgehead atoms. The fraction of sp³-hybridized carbons (Fsp3) is 0.647. The molecule has 1 aromatic carbocycles. The van der Waals surface area contributed by atoms with Gasteiger partial charge in [0.15, 0.2) is 0 Å². The first-order valence-corrected chi connectivity index (χ1v) is 7.85. The van der Waals surface area contributed by atoms with Crippen molar-refractivity contribution in [1.82, 2.24) is 10.2 Å². The zero-order valence-corrected chi connectivity index (χ0v) is 11.8. The van der Waals surface area contributed by atoms with Crippen LogP contribution in [0.1, 0.15) is 36.8 Å². The van der Waals surface area contributed by atoms with Crippen LogP contribution in [0.3, 0.4) is 0 Å². The minimum atomic E-state index is 0.743. The quantitative estimate of drug-likeness (QED) is 0.894. The monoisotopic (exact) mass is 256 g/mol. The normalized spacial score (nSPS) is 34.7. The minimum absolute atomic E-state index is 0.743. The summed E-state index contributed by atoms with van der Waals surface area (Å²) in [4.78, 5) is 2.72. The Hall–Kier alpha value is -0.860. The zero-order chi connectivity index (χ0) is 12.8. The van der Waals surface area contributed by atoms with Crippen LogP contribution in [0.15, 0.2) is 24.3 Å². The SMILES string of the molecule is CC1C2CNCC2CN1Cc1ccccc1C1CC1. The second-order valence-corrected chi connectivity index (χ2v) is 6.73. The second kappa shape index (κ2) is 4.60. The van der Waals surface area contributed by atoms with Gasteiger partial charge in [0.25, 0.3) is 0 Å². The van der Waals surface area contributed by atoms with Gasteiger partial charge in [0.1, 0.15) is 0 Å². The van der Waals surface area contributed by atoms with Gasteiger partial charge in [0.05, 0.1) is 0 Å². The number of rotatable bonds is 3. The molecular weight excluding hydrogens is 232 g/mol. The predicted molar refractivity (Wildman–Crippen MR) is 78.1 cm³/mol. The number of hydrogen-bond donors (Lipinski definition) is 1. The molecule has 3 fully saturated rings. The topological polar surface area (TPSA) is 15.3 Å². The molecule has 3 unspecified atom stereocenters. The van der Waals surface area contributed by atoms with E-state index < -0.39 is 0 Å². The molecule has 2 heterocycles. The van der Waals surface area contributed by atoms with Crippen molar-refractivity contribution in [2.75, 3.05) is 19.6 Å². The lowest BCUT2D eigenvalue weighted by Crippen LogP contribution is -2.33. The van der Waals surface area contributed by atoms with Crippen molar-refractivity contribution in [2.45, 2.75) is 38.3 Å².